The first kappa shape index (κ1) is 16.5. The number of carbonyl (C=O) groups excluding carboxylic acids is 2. The third kappa shape index (κ3) is 2.06. The Morgan fingerprint density at radius 1 is 0.643 bits per heavy atom. The highest BCUT2D eigenvalue weighted by atomic mass is 16.2. The summed E-state index contributed by atoms with van der Waals surface area (Å²) in [6.45, 7) is 0. The second-order valence-corrected chi connectivity index (χ2v) is 6.95. The third-order valence-corrected chi connectivity index (χ3v) is 5.56. The topological polar surface area (TPSA) is 58.2 Å². The van der Waals surface area contributed by atoms with Crippen LogP contribution < -0.4 is 10.6 Å². The summed E-state index contributed by atoms with van der Waals surface area (Å²) in [5.41, 5.74) is 0.807. The lowest BCUT2D eigenvalue weighted by Gasteiger charge is -2.19. The van der Waals surface area contributed by atoms with Crippen LogP contribution in [-0.4, -0.2) is 25.9 Å². The monoisotopic (exact) mass is 366 g/mol. The number of carbonyl (C=O) groups is 2. The number of hydrogen-bond donors (Lipinski definition) is 2. The van der Waals surface area contributed by atoms with E-state index in [1.807, 2.05) is 30.3 Å². The average molecular weight is 366 g/mol. The predicted molar refractivity (Wildman–Crippen MR) is 114 cm³/mol. The molecule has 2 N–H and O–H groups in total. The molecule has 0 saturated carbocycles. The Morgan fingerprint density at radius 3 is 1.86 bits per heavy atom. The number of hydrogen-bond acceptors (Lipinski definition) is 2. The standard InChI is InChI=1S/C24H18N2O2/c1-25-23(27)18-12-14-8-5-10-16-15-9-3-6-13-7-4-11-17(19(13)15)21(20(14)16)22(18)24(28)26-2/h3-12H,1-2H3,(H,25,27)(H,26,28). The van der Waals surface area contributed by atoms with Crippen molar-refractivity contribution in [2.75, 3.05) is 14.1 Å². The number of nitrogens with one attached hydrogen (secondary N) is 2. The molecule has 0 spiro atoms. The first-order chi connectivity index (χ1) is 13.7. The van der Waals surface area contributed by atoms with Gasteiger partial charge in [0.1, 0.15) is 0 Å². The molecule has 0 aromatic heterocycles. The van der Waals surface area contributed by atoms with E-state index in [0.717, 1.165) is 43.1 Å². The fourth-order valence-corrected chi connectivity index (χ4v) is 4.40. The summed E-state index contributed by atoms with van der Waals surface area (Å²) in [7, 11) is 3.17. The van der Waals surface area contributed by atoms with Crippen LogP contribution in [0, 0.1) is 0 Å². The summed E-state index contributed by atoms with van der Waals surface area (Å²) >= 11 is 0. The van der Waals surface area contributed by atoms with Crippen LogP contribution in [0.3, 0.4) is 0 Å². The molecule has 136 valence electrons. The van der Waals surface area contributed by atoms with Crippen molar-refractivity contribution in [3.63, 3.8) is 0 Å². The van der Waals surface area contributed by atoms with Crippen molar-refractivity contribution in [3.05, 3.63) is 71.8 Å². The van der Waals surface area contributed by atoms with Crippen LogP contribution in [0.2, 0.25) is 0 Å². The van der Waals surface area contributed by atoms with Gasteiger partial charge in [0.15, 0.2) is 0 Å². The van der Waals surface area contributed by atoms with Gasteiger partial charge in [-0.15, -0.1) is 0 Å². The predicted octanol–water partition coefficient (Wildman–Crippen LogP) is 4.46. The Kier molecular flexibility index (Phi) is 3.49. The molecule has 0 radical (unpaired) electrons. The molecule has 4 nitrogen and oxygen atoms in total. The Hall–Kier alpha value is -3.66. The van der Waals surface area contributed by atoms with Gasteiger partial charge >= 0.3 is 0 Å². The van der Waals surface area contributed by atoms with Gasteiger partial charge in [0.05, 0.1) is 11.1 Å². The van der Waals surface area contributed by atoms with Crippen molar-refractivity contribution in [2.45, 2.75) is 0 Å². The van der Waals surface area contributed by atoms with Gasteiger partial charge in [-0.25, -0.2) is 0 Å². The quantitative estimate of drug-likeness (QED) is 0.358. The van der Waals surface area contributed by atoms with Crippen LogP contribution in [0.25, 0.3) is 43.1 Å². The van der Waals surface area contributed by atoms with Crippen LogP contribution in [0.15, 0.2) is 60.7 Å². The molecule has 0 bridgehead atoms. The number of amides is 2. The molecule has 0 heterocycles. The molecule has 5 rings (SSSR count). The maximum Gasteiger partial charge on any atom is 0.252 e. The molecular formula is C24H18N2O2. The van der Waals surface area contributed by atoms with Crippen molar-refractivity contribution < 1.29 is 9.59 Å². The van der Waals surface area contributed by atoms with Crippen LogP contribution >= 0.6 is 0 Å². The van der Waals surface area contributed by atoms with E-state index in [1.54, 1.807) is 14.1 Å². The molecule has 28 heavy (non-hydrogen) atoms. The fraction of sp³-hybridized carbons (Fsp3) is 0.0833. The van der Waals surface area contributed by atoms with Crippen molar-refractivity contribution in [1.82, 2.24) is 10.6 Å². The number of rotatable bonds is 2. The summed E-state index contributed by atoms with van der Waals surface area (Å²) in [6.07, 6.45) is 0. The van der Waals surface area contributed by atoms with Crippen LogP contribution in [0.1, 0.15) is 20.7 Å². The Bertz CT molecular complexity index is 1410. The van der Waals surface area contributed by atoms with E-state index in [0.29, 0.717) is 11.1 Å². The summed E-state index contributed by atoms with van der Waals surface area (Å²) < 4.78 is 0. The largest absolute Gasteiger partial charge is 0.355 e. The highest BCUT2D eigenvalue weighted by Gasteiger charge is 2.24. The summed E-state index contributed by atoms with van der Waals surface area (Å²) in [4.78, 5) is 25.6. The summed E-state index contributed by atoms with van der Waals surface area (Å²) in [5, 5.41) is 13.6. The molecule has 4 heteroatoms. The molecule has 0 aliphatic heterocycles. The van der Waals surface area contributed by atoms with E-state index < -0.39 is 0 Å². The molecule has 5 aromatic rings. The lowest BCUT2D eigenvalue weighted by molar-refractivity contribution is 0.0931. The van der Waals surface area contributed by atoms with Gasteiger partial charge in [0.25, 0.3) is 11.8 Å². The van der Waals surface area contributed by atoms with Crippen molar-refractivity contribution in [2.24, 2.45) is 0 Å². The van der Waals surface area contributed by atoms with Gasteiger partial charge < -0.3 is 10.6 Å². The molecule has 0 aliphatic rings. The molecule has 2 amide bonds. The van der Waals surface area contributed by atoms with Crippen LogP contribution in [-0.2, 0) is 0 Å². The lowest BCUT2D eigenvalue weighted by Crippen LogP contribution is -2.26. The zero-order valence-electron chi connectivity index (χ0n) is 15.6. The van der Waals surface area contributed by atoms with E-state index in [9.17, 15) is 9.59 Å². The fourth-order valence-electron chi connectivity index (χ4n) is 4.40. The van der Waals surface area contributed by atoms with Crippen molar-refractivity contribution >= 4 is 54.9 Å². The number of fused-ring (bicyclic) bond motifs is 2. The second-order valence-electron chi connectivity index (χ2n) is 6.95. The third-order valence-electron chi connectivity index (χ3n) is 5.56. The van der Waals surface area contributed by atoms with E-state index in [4.69, 9.17) is 0 Å². The Labute approximate surface area is 161 Å². The van der Waals surface area contributed by atoms with Crippen molar-refractivity contribution in [3.8, 4) is 0 Å². The van der Waals surface area contributed by atoms with E-state index in [2.05, 4.69) is 41.0 Å². The molecule has 5 aromatic carbocycles. The van der Waals surface area contributed by atoms with Gasteiger partial charge in [-0.3, -0.25) is 9.59 Å². The van der Waals surface area contributed by atoms with Gasteiger partial charge in [0, 0.05) is 19.5 Å². The molecular weight excluding hydrogens is 348 g/mol. The van der Waals surface area contributed by atoms with Crippen LogP contribution in [0.5, 0.6) is 0 Å². The first-order valence-electron chi connectivity index (χ1n) is 9.22. The summed E-state index contributed by atoms with van der Waals surface area (Å²) in [5.74, 6) is -0.533. The van der Waals surface area contributed by atoms with E-state index >= 15 is 0 Å². The van der Waals surface area contributed by atoms with Gasteiger partial charge in [-0.05, 0) is 43.8 Å². The minimum Gasteiger partial charge on any atom is -0.355 e. The highest BCUT2D eigenvalue weighted by molar-refractivity contribution is 6.37. The molecule has 0 fully saturated rings. The molecule has 0 unspecified atom stereocenters. The zero-order chi connectivity index (χ0) is 19.4. The normalized spacial score (nSPS) is 11.5. The Morgan fingerprint density at radius 2 is 1.21 bits per heavy atom. The lowest BCUT2D eigenvalue weighted by atomic mass is 9.85. The minimum absolute atomic E-state index is 0.262. The van der Waals surface area contributed by atoms with E-state index in [1.165, 1.54) is 0 Å². The SMILES string of the molecule is CNC(=O)c1cc2cccc3c4cccc5cccc(c(c1C(=O)NC)c23)c54. The molecule has 0 atom stereocenters. The van der Waals surface area contributed by atoms with Crippen molar-refractivity contribution in [1.29, 1.82) is 0 Å². The maximum absolute atomic E-state index is 13.0. The molecule has 0 aliphatic carbocycles. The minimum atomic E-state index is -0.270. The highest BCUT2D eigenvalue weighted by Crippen LogP contribution is 2.42. The smallest absolute Gasteiger partial charge is 0.252 e. The zero-order valence-corrected chi connectivity index (χ0v) is 15.6. The second kappa shape index (κ2) is 5.92. The van der Waals surface area contributed by atoms with E-state index in [-0.39, 0.29) is 11.8 Å². The first-order valence-corrected chi connectivity index (χ1v) is 9.22. The average Bonchev–Trinajstić information content (AvgIpc) is 2.75. The maximum atomic E-state index is 13.0. The van der Waals surface area contributed by atoms with Crippen LogP contribution in [0.4, 0.5) is 0 Å². The number of benzene rings is 5. The van der Waals surface area contributed by atoms with Gasteiger partial charge in [-0.1, -0.05) is 54.6 Å². The van der Waals surface area contributed by atoms with Gasteiger partial charge in [0.2, 0.25) is 0 Å². The Balaban J connectivity index is 2.18. The van der Waals surface area contributed by atoms with Gasteiger partial charge in [-0.2, -0.15) is 0 Å². The molecule has 0 saturated heterocycles. The summed E-state index contributed by atoms with van der Waals surface area (Å²) in [6, 6.07) is 20.3.